The van der Waals surface area contributed by atoms with Gasteiger partial charge in [-0.2, -0.15) is 0 Å². The van der Waals surface area contributed by atoms with Gasteiger partial charge in [0.1, 0.15) is 5.78 Å². The van der Waals surface area contributed by atoms with E-state index >= 15 is 0 Å². The third kappa shape index (κ3) is 3.34. The van der Waals surface area contributed by atoms with Gasteiger partial charge in [-0.05, 0) is 49.6 Å². The van der Waals surface area contributed by atoms with Gasteiger partial charge >= 0.3 is 0 Å². The molecule has 0 saturated heterocycles. The van der Waals surface area contributed by atoms with Crippen LogP contribution >= 0.6 is 0 Å². The quantitative estimate of drug-likeness (QED) is 0.899. The molecule has 2 heteroatoms. The lowest BCUT2D eigenvalue weighted by Gasteiger charge is -2.13. The fourth-order valence-electron chi connectivity index (χ4n) is 2.40. The number of nitrogens with one attached hydrogen (secondary N) is 1. The topological polar surface area (TPSA) is 29.1 Å². The van der Waals surface area contributed by atoms with E-state index in [2.05, 4.69) is 60.8 Å². The molecule has 0 aliphatic heterocycles. The van der Waals surface area contributed by atoms with E-state index in [9.17, 15) is 4.79 Å². The molecule has 2 aromatic rings. The Labute approximate surface area is 120 Å². The van der Waals surface area contributed by atoms with E-state index in [0.717, 1.165) is 6.42 Å². The average Bonchev–Trinajstić information content (AvgIpc) is 2.46. The molecule has 0 aromatic heterocycles. The van der Waals surface area contributed by atoms with Crippen LogP contribution in [0.3, 0.4) is 0 Å². The lowest BCUT2D eigenvalue weighted by Crippen LogP contribution is -2.34. The standard InChI is InChI=1S/C18H21NO/c1-13-6-4-5-7-17(13)16-10-8-15(9-11-16)12-18(19-3)14(2)20/h4-11,18-19H,12H2,1-3H3. The molecular formula is C18H21NO. The summed E-state index contributed by atoms with van der Waals surface area (Å²) < 4.78 is 0. The van der Waals surface area contributed by atoms with Gasteiger partial charge in [-0.15, -0.1) is 0 Å². The van der Waals surface area contributed by atoms with Crippen LogP contribution in [0, 0.1) is 6.92 Å². The van der Waals surface area contributed by atoms with E-state index in [1.54, 1.807) is 6.92 Å². The van der Waals surface area contributed by atoms with Crippen molar-refractivity contribution in [1.29, 1.82) is 0 Å². The summed E-state index contributed by atoms with van der Waals surface area (Å²) >= 11 is 0. The Morgan fingerprint density at radius 3 is 2.30 bits per heavy atom. The minimum absolute atomic E-state index is 0.0979. The molecule has 0 saturated carbocycles. The highest BCUT2D eigenvalue weighted by atomic mass is 16.1. The monoisotopic (exact) mass is 267 g/mol. The molecule has 0 radical (unpaired) electrons. The second kappa shape index (κ2) is 6.49. The van der Waals surface area contributed by atoms with Gasteiger partial charge in [0.05, 0.1) is 6.04 Å². The summed E-state index contributed by atoms with van der Waals surface area (Å²) in [4.78, 5) is 11.4. The fraction of sp³-hybridized carbons (Fsp3) is 0.278. The molecule has 0 aliphatic rings. The Bertz CT molecular complexity index is 587. The average molecular weight is 267 g/mol. The first-order valence-corrected chi connectivity index (χ1v) is 6.94. The summed E-state index contributed by atoms with van der Waals surface area (Å²) in [5, 5.41) is 3.06. The van der Waals surface area contributed by atoms with Crippen molar-refractivity contribution in [2.75, 3.05) is 7.05 Å². The summed E-state index contributed by atoms with van der Waals surface area (Å²) in [5.41, 5.74) is 4.93. The van der Waals surface area contributed by atoms with Crippen LogP contribution < -0.4 is 5.32 Å². The molecule has 2 aromatic carbocycles. The minimum atomic E-state index is -0.0979. The van der Waals surface area contributed by atoms with E-state index < -0.39 is 0 Å². The molecule has 0 bridgehead atoms. The van der Waals surface area contributed by atoms with Crippen molar-refractivity contribution >= 4 is 5.78 Å². The molecule has 2 rings (SSSR count). The van der Waals surface area contributed by atoms with Gasteiger partial charge in [-0.1, -0.05) is 48.5 Å². The number of hydrogen-bond acceptors (Lipinski definition) is 2. The maximum absolute atomic E-state index is 11.4. The van der Waals surface area contributed by atoms with Gasteiger partial charge < -0.3 is 5.32 Å². The number of likely N-dealkylation sites (N-methyl/N-ethyl adjacent to an activating group) is 1. The maximum atomic E-state index is 11.4. The molecule has 0 heterocycles. The molecule has 0 aliphatic carbocycles. The summed E-state index contributed by atoms with van der Waals surface area (Å²) in [6.07, 6.45) is 0.736. The van der Waals surface area contributed by atoms with E-state index in [4.69, 9.17) is 0 Å². The molecule has 20 heavy (non-hydrogen) atoms. The molecule has 2 nitrogen and oxygen atoms in total. The third-order valence-corrected chi connectivity index (χ3v) is 3.69. The van der Waals surface area contributed by atoms with Crippen molar-refractivity contribution in [3.05, 3.63) is 59.7 Å². The first-order valence-electron chi connectivity index (χ1n) is 6.94. The van der Waals surface area contributed by atoms with Gasteiger partial charge in [0.2, 0.25) is 0 Å². The molecule has 0 amide bonds. The number of aryl methyl sites for hydroxylation is 1. The van der Waals surface area contributed by atoms with Gasteiger partial charge in [0.25, 0.3) is 0 Å². The van der Waals surface area contributed by atoms with E-state index in [-0.39, 0.29) is 11.8 Å². The number of rotatable bonds is 5. The Hall–Kier alpha value is -1.93. The van der Waals surface area contributed by atoms with Crippen molar-refractivity contribution in [2.24, 2.45) is 0 Å². The molecule has 104 valence electrons. The van der Waals surface area contributed by atoms with Gasteiger partial charge in [0.15, 0.2) is 0 Å². The summed E-state index contributed by atoms with van der Waals surface area (Å²) in [6, 6.07) is 16.7. The molecule has 1 unspecified atom stereocenters. The summed E-state index contributed by atoms with van der Waals surface area (Å²) in [7, 11) is 1.83. The number of Topliss-reactive ketones (excluding diaryl/α,β-unsaturated/α-hetero) is 1. The van der Waals surface area contributed by atoms with E-state index in [0.29, 0.717) is 0 Å². The Balaban J connectivity index is 2.18. The summed E-state index contributed by atoms with van der Waals surface area (Å²) in [5.74, 6) is 0.176. The molecule has 1 N–H and O–H groups in total. The van der Waals surface area contributed by atoms with E-state index in [1.807, 2.05) is 7.05 Å². The van der Waals surface area contributed by atoms with Crippen LogP contribution in [0.2, 0.25) is 0 Å². The number of carbonyl (C=O) groups is 1. The third-order valence-electron chi connectivity index (χ3n) is 3.69. The first-order chi connectivity index (χ1) is 9.61. The first kappa shape index (κ1) is 14.5. The highest BCUT2D eigenvalue weighted by Gasteiger charge is 2.12. The number of benzene rings is 2. The van der Waals surface area contributed by atoms with E-state index in [1.165, 1.54) is 22.3 Å². The second-order valence-electron chi connectivity index (χ2n) is 5.17. The highest BCUT2D eigenvalue weighted by Crippen LogP contribution is 2.23. The zero-order valence-electron chi connectivity index (χ0n) is 12.3. The lowest BCUT2D eigenvalue weighted by atomic mass is 9.97. The van der Waals surface area contributed by atoms with Crippen LogP contribution in [-0.4, -0.2) is 18.9 Å². The zero-order chi connectivity index (χ0) is 14.5. The van der Waals surface area contributed by atoms with Crippen LogP contribution in [0.25, 0.3) is 11.1 Å². The normalized spacial score (nSPS) is 12.2. The van der Waals surface area contributed by atoms with Gasteiger partial charge in [-0.3, -0.25) is 4.79 Å². The number of ketones is 1. The van der Waals surface area contributed by atoms with Crippen molar-refractivity contribution in [3.63, 3.8) is 0 Å². The molecular weight excluding hydrogens is 246 g/mol. The second-order valence-corrected chi connectivity index (χ2v) is 5.17. The van der Waals surface area contributed by atoms with Gasteiger partial charge in [0, 0.05) is 0 Å². The van der Waals surface area contributed by atoms with Gasteiger partial charge in [-0.25, -0.2) is 0 Å². The molecule has 0 fully saturated rings. The van der Waals surface area contributed by atoms with Crippen molar-refractivity contribution in [2.45, 2.75) is 26.3 Å². The van der Waals surface area contributed by atoms with Crippen molar-refractivity contribution in [1.82, 2.24) is 5.32 Å². The Kier molecular flexibility index (Phi) is 4.70. The maximum Gasteiger partial charge on any atom is 0.147 e. The minimum Gasteiger partial charge on any atom is -0.310 e. The lowest BCUT2D eigenvalue weighted by molar-refractivity contribution is -0.118. The smallest absolute Gasteiger partial charge is 0.147 e. The zero-order valence-corrected chi connectivity index (χ0v) is 12.3. The Morgan fingerprint density at radius 1 is 1.10 bits per heavy atom. The number of carbonyl (C=O) groups excluding carboxylic acids is 1. The van der Waals surface area contributed by atoms with Crippen molar-refractivity contribution in [3.8, 4) is 11.1 Å². The van der Waals surface area contributed by atoms with Crippen LogP contribution in [0.15, 0.2) is 48.5 Å². The molecule has 1 atom stereocenters. The largest absolute Gasteiger partial charge is 0.310 e. The fourth-order valence-corrected chi connectivity index (χ4v) is 2.40. The predicted molar refractivity (Wildman–Crippen MR) is 83.8 cm³/mol. The van der Waals surface area contributed by atoms with Crippen LogP contribution in [0.1, 0.15) is 18.1 Å². The number of hydrogen-bond donors (Lipinski definition) is 1. The molecule has 0 spiro atoms. The van der Waals surface area contributed by atoms with Crippen LogP contribution in [0.4, 0.5) is 0 Å². The van der Waals surface area contributed by atoms with Crippen LogP contribution in [-0.2, 0) is 11.2 Å². The van der Waals surface area contributed by atoms with Crippen molar-refractivity contribution < 1.29 is 4.79 Å². The SMILES string of the molecule is CNC(Cc1ccc(-c2ccccc2C)cc1)C(C)=O. The summed E-state index contributed by atoms with van der Waals surface area (Å²) in [6.45, 7) is 3.75. The van der Waals surface area contributed by atoms with Crippen LogP contribution in [0.5, 0.6) is 0 Å². The highest BCUT2D eigenvalue weighted by molar-refractivity contribution is 5.81. The predicted octanol–water partition coefficient (Wildman–Crippen LogP) is 3.38. The Morgan fingerprint density at radius 2 is 1.75 bits per heavy atom.